The largest absolute Gasteiger partial charge is 0.485 e. The highest BCUT2D eigenvalue weighted by atomic mass is 35.5. The Balaban J connectivity index is 0.00000192. The molecule has 2 aliphatic heterocycles. The first kappa shape index (κ1) is 18.2. The van der Waals surface area contributed by atoms with Crippen LogP contribution in [0.3, 0.4) is 0 Å². The van der Waals surface area contributed by atoms with Crippen molar-refractivity contribution in [3.05, 3.63) is 29.3 Å². The summed E-state index contributed by atoms with van der Waals surface area (Å²) in [5.41, 5.74) is 0.991. The molecular weight excluding hydrogens is 314 g/mol. The molecule has 2 heterocycles. The number of likely N-dealkylation sites (tertiary alicyclic amines) is 1. The Kier molecular flexibility index (Phi) is 5.39. The zero-order valence-corrected chi connectivity index (χ0v) is 14.9. The molecule has 4 nitrogen and oxygen atoms in total. The maximum atomic E-state index is 11.7. The molecule has 0 spiro atoms. The van der Waals surface area contributed by atoms with E-state index in [1.807, 2.05) is 32.0 Å². The normalized spacial score (nSPS) is 26.6. The van der Waals surface area contributed by atoms with Gasteiger partial charge in [0.1, 0.15) is 17.5 Å². The summed E-state index contributed by atoms with van der Waals surface area (Å²) in [6.07, 6.45) is 2.96. The molecule has 0 saturated carbocycles. The van der Waals surface area contributed by atoms with Gasteiger partial charge in [0, 0.05) is 11.1 Å². The third-order valence-electron chi connectivity index (χ3n) is 4.90. The number of nitrogens with zero attached hydrogens (tertiary/aromatic N) is 1. The van der Waals surface area contributed by atoms with Crippen molar-refractivity contribution >= 4 is 18.2 Å². The van der Waals surface area contributed by atoms with Crippen molar-refractivity contribution in [2.75, 3.05) is 13.1 Å². The number of aliphatic hydroxyl groups is 1. The van der Waals surface area contributed by atoms with Gasteiger partial charge in [0.2, 0.25) is 0 Å². The third-order valence-corrected chi connectivity index (χ3v) is 4.90. The van der Waals surface area contributed by atoms with E-state index in [4.69, 9.17) is 4.74 Å². The van der Waals surface area contributed by atoms with Gasteiger partial charge in [-0.25, -0.2) is 0 Å². The molecular formula is C18H26ClNO3. The number of aliphatic hydroxyl groups excluding tert-OH is 1. The lowest BCUT2D eigenvalue weighted by atomic mass is 9.84. The summed E-state index contributed by atoms with van der Waals surface area (Å²) >= 11 is 0. The Morgan fingerprint density at radius 3 is 2.52 bits per heavy atom. The van der Waals surface area contributed by atoms with Gasteiger partial charge in [-0.3, -0.25) is 9.69 Å². The molecule has 2 aliphatic rings. The first-order chi connectivity index (χ1) is 10.4. The van der Waals surface area contributed by atoms with Gasteiger partial charge in [-0.05, 0) is 64.9 Å². The number of rotatable bonds is 2. The lowest BCUT2D eigenvalue weighted by Gasteiger charge is -2.47. The molecule has 5 heteroatoms. The topological polar surface area (TPSA) is 49.8 Å². The summed E-state index contributed by atoms with van der Waals surface area (Å²) in [5.74, 6) is 0.829. The highest BCUT2D eigenvalue weighted by molar-refractivity contribution is 5.94. The van der Waals surface area contributed by atoms with Crippen LogP contribution in [0.15, 0.2) is 18.2 Å². The van der Waals surface area contributed by atoms with E-state index in [1.54, 1.807) is 6.92 Å². The minimum atomic E-state index is -0.632. The third kappa shape index (κ3) is 3.39. The maximum absolute atomic E-state index is 11.7. The molecule has 0 bridgehead atoms. The zero-order valence-electron chi connectivity index (χ0n) is 14.0. The number of carbonyl (C=O) groups is 1. The van der Waals surface area contributed by atoms with E-state index in [2.05, 4.69) is 4.90 Å². The summed E-state index contributed by atoms with van der Waals surface area (Å²) in [6.45, 7) is 7.40. The monoisotopic (exact) mass is 339 g/mol. The predicted octanol–water partition coefficient (Wildman–Crippen LogP) is 3.37. The summed E-state index contributed by atoms with van der Waals surface area (Å²) in [5, 5.41) is 10.9. The number of carbonyl (C=O) groups excluding carboxylic acids is 1. The van der Waals surface area contributed by atoms with E-state index >= 15 is 0 Å². The van der Waals surface area contributed by atoms with Crippen molar-refractivity contribution in [2.24, 2.45) is 0 Å². The van der Waals surface area contributed by atoms with Crippen LogP contribution in [0.25, 0.3) is 0 Å². The molecule has 0 aromatic heterocycles. The molecule has 1 N–H and O–H groups in total. The van der Waals surface area contributed by atoms with E-state index in [9.17, 15) is 9.90 Å². The Morgan fingerprint density at radius 1 is 1.26 bits per heavy atom. The van der Waals surface area contributed by atoms with Crippen LogP contribution in [0.5, 0.6) is 5.75 Å². The molecule has 1 saturated heterocycles. The highest BCUT2D eigenvalue weighted by Crippen LogP contribution is 2.43. The maximum Gasteiger partial charge on any atom is 0.159 e. The second-order valence-electron chi connectivity index (χ2n) is 7.00. The second-order valence-corrected chi connectivity index (χ2v) is 7.00. The average molecular weight is 340 g/mol. The average Bonchev–Trinajstić information content (AvgIpc) is 2.48. The molecule has 1 aromatic rings. The number of benzene rings is 1. The van der Waals surface area contributed by atoms with Gasteiger partial charge in [0.25, 0.3) is 0 Å². The van der Waals surface area contributed by atoms with Crippen LogP contribution in [0.2, 0.25) is 0 Å². The van der Waals surface area contributed by atoms with Gasteiger partial charge >= 0.3 is 0 Å². The van der Waals surface area contributed by atoms with E-state index < -0.39 is 11.7 Å². The van der Waals surface area contributed by atoms with Gasteiger partial charge < -0.3 is 9.84 Å². The minimum absolute atomic E-state index is 0. The van der Waals surface area contributed by atoms with E-state index in [0.29, 0.717) is 5.56 Å². The van der Waals surface area contributed by atoms with Crippen LogP contribution < -0.4 is 4.74 Å². The Hall–Kier alpha value is -1.10. The fourth-order valence-corrected chi connectivity index (χ4v) is 3.58. The molecule has 0 aliphatic carbocycles. The SMILES string of the molecule is CC(=O)c1ccc2c(c1)[C@@H](N1CCCCC1)[C@H](O)C(C)(C)O2.Cl. The van der Waals surface area contributed by atoms with Crippen molar-refractivity contribution in [2.45, 2.75) is 57.8 Å². The van der Waals surface area contributed by atoms with E-state index in [1.165, 1.54) is 6.42 Å². The molecule has 1 fully saturated rings. The van der Waals surface area contributed by atoms with Gasteiger partial charge in [0.05, 0.1) is 6.04 Å². The number of Topliss-reactive ketones (excluding diaryl/α,β-unsaturated/α-hetero) is 1. The van der Waals surface area contributed by atoms with Crippen LogP contribution in [-0.2, 0) is 0 Å². The first-order valence-corrected chi connectivity index (χ1v) is 8.16. The van der Waals surface area contributed by atoms with E-state index in [0.717, 1.165) is 37.2 Å². The van der Waals surface area contributed by atoms with Crippen LogP contribution in [0, 0.1) is 0 Å². The summed E-state index contributed by atoms with van der Waals surface area (Å²) in [6, 6.07) is 5.48. The van der Waals surface area contributed by atoms with Crippen LogP contribution in [-0.4, -0.2) is 40.6 Å². The van der Waals surface area contributed by atoms with Crippen LogP contribution in [0.1, 0.15) is 62.0 Å². The molecule has 0 unspecified atom stereocenters. The first-order valence-electron chi connectivity index (χ1n) is 8.16. The second kappa shape index (κ2) is 6.80. The molecule has 2 atom stereocenters. The van der Waals surface area contributed by atoms with Crippen LogP contribution in [0.4, 0.5) is 0 Å². The van der Waals surface area contributed by atoms with Gasteiger partial charge in [-0.15, -0.1) is 12.4 Å². The minimum Gasteiger partial charge on any atom is -0.485 e. The fourth-order valence-electron chi connectivity index (χ4n) is 3.58. The molecule has 1 aromatic carbocycles. The van der Waals surface area contributed by atoms with Gasteiger partial charge in [0.15, 0.2) is 5.78 Å². The van der Waals surface area contributed by atoms with Crippen molar-refractivity contribution in [3.63, 3.8) is 0 Å². The van der Waals surface area contributed by atoms with Gasteiger partial charge in [-0.2, -0.15) is 0 Å². The molecule has 0 radical (unpaired) electrons. The van der Waals surface area contributed by atoms with Crippen LogP contribution >= 0.6 is 12.4 Å². The fraction of sp³-hybridized carbons (Fsp3) is 0.611. The number of fused-ring (bicyclic) bond motifs is 1. The summed E-state index contributed by atoms with van der Waals surface area (Å²) in [4.78, 5) is 14.1. The Labute approximate surface area is 144 Å². The molecule has 128 valence electrons. The lowest BCUT2D eigenvalue weighted by molar-refractivity contribution is -0.0961. The van der Waals surface area contributed by atoms with Crippen molar-refractivity contribution < 1.29 is 14.6 Å². The Morgan fingerprint density at radius 2 is 1.91 bits per heavy atom. The quantitative estimate of drug-likeness (QED) is 0.839. The van der Waals surface area contributed by atoms with Crippen molar-refractivity contribution in [1.29, 1.82) is 0 Å². The van der Waals surface area contributed by atoms with Crippen molar-refractivity contribution in [1.82, 2.24) is 4.90 Å². The standard InChI is InChI=1S/C18H25NO3.ClH/c1-12(20)13-7-8-15-14(11-13)16(17(21)18(2,3)22-15)19-9-5-4-6-10-19;/h7-8,11,16-17,21H,4-6,9-10H2,1-3H3;1H/t16-,17+;/m1./s1. The molecule has 0 amide bonds. The zero-order chi connectivity index (χ0) is 15.9. The van der Waals surface area contributed by atoms with E-state index in [-0.39, 0.29) is 24.2 Å². The van der Waals surface area contributed by atoms with Gasteiger partial charge in [-0.1, -0.05) is 6.42 Å². The summed E-state index contributed by atoms with van der Waals surface area (Å²) in [7, 11) is 0. The Bertz CT molecular complexity index is 582. The highest BCUT2D eigenvalue weighted by Gasteiger charge is 2.45. The number of piperidine rings is 1. The number of ether oxygens (including phenoxy) is 1. The number of ketones is 1. The molecule has 3 rings (SSSR count). The number of hydrogen-bond donors (Lipinski definition) is 1. The summed E-state index contributed by atoms with van der Waals surface area (Å²) < 4.78 is 6.00. The molecule has 23 heavy (non-hydrogen) atoms. The number of halogens is 1. The predicted molar refractivity (Wildman–Crippen MR) is 92.6 cm³/mol. The van der Waals surface area contributed by atoms with Crippen molar-refractivity contribution in [3.8, 4) is 5.75 Å². The number of hydrogen-bond acceptors (Lipinski definition) is 4. The lowest BCUT2D eigenvalue weighted by Crippen LogP contribution is -2.54. The smallest absolute Gasteiger partial charge is 0.159 e.